The molecule has 1 rings (SSSR count). The first kappa shape index (κ1) is 16.1. The van der Waals surface area contributed by atoms with E-state index in [0.29, 0.717) is 17.8 Å². The van der Waals surface area contributed by atoms with Gasteiger partial charge in [0, 0.05) is 19.6 Å². The highest BCUT2D eigenvalue weighted by atomic mass is 16.5. The van der Waals surface area contributed by atoms with Crippen molar-refractivity contribution in [3.05, 3.63) is 11.7 Å². The van der Waals surface area contributed by atoms with Gasteiger partial charge in [-0.2, -0.15) is 4.98 Å². The Hall–Kier alpha value is -0.940. The molecule has 2 atom stereocenters. The lowest BCUT2D eigenvalue weighted by Crippen LogP contribution is -2.30. The van der Waals surface area contributed by atoms with Crippen molar-refractivity contribution in [3.63, 3.8) is 0 Å². The van der Waals surface area contributed by atoms with E-state index >= 15 is 0 Å². The zero-order valence-corrected chi connectivity index (χ0v) is 12.6. The smallest absolute Gasteiger partial charge is 0.228 e. The third-order valence-electron chi connectivity index (χ3n) is 3.16. The van der Waals surface area contributed by atoms with E-state index in [1.54, 1.807) is 7.11 Å². The zero-order valence-electron chi connectivity index (χ0n) is 12.6. The summed E-state index contributed by atoms with van der Waals surface area (Å²) in [6.07, 6.45) is 4.96. The van der Waals surface area contributed by atoms with Crippen LogP contribution in [0.5, 0.6) is 0 Å². The van der Waals surface area contributed by atoms with Gasteiger partial charge in [0.15, 0.2) is 0 Å². The molecule has 0 radical (unpaired) electrons. The number of ether oxygens (including phenoxy) is 1. The number of rotatable bonds is 10. The third-order valence-corrected chi connectivity index (χ3v) is 3.16. The maximum absolute atomic E-state index is 5.39. The fraction of sp³-hybridized carbons (Fsp3) is 0.857. The molecule has 5 heteroatoms. The minimum atomic E-state index is -0.0498. The highest BCUT2D eigenvalue weighted by Gasteiger charge is 2.18. The van der Waals surface area contributed by atoms with E-state index in [1.807, 2.05) is 0 Å². The SMILES string of the molecule is CCCC(Cc1nc(C(CCC)OC)no1)NCC. The molecule has 0 amide bonds. The Kier molecular flexibility index (Phi) is 7.67. The van der Waals surface area contributed by atoms with Gasteiger partial charge in [0.05, 0.1) is 0 Å². The van der Waals surface area contributed by atoms with Crippen LogP contribution in [-0.2, 0) is 11.2 Å². The Morgan fingerprint density at radius 2 is 1.95 bits per heavy atom. The molecule has 0 bridgehead atoms. The second-order valence-corrected chi connectivity index (χ2v) is 4.81. The van der Waals surface area contributed by atoms with Gasteiger partial charge in [0.25, 0.3) is 0 Å². The molecular formula is C14H27N3O2. The maximum atomic E-state index is 5.39. The molecule has 110 valence electrons. The van der Waals surface area contributed by atoms with Crippen molar-refractivity contribution in [1.82, 2.24) is 15.5 Å². The molecule has 0 aliphatic heterocycles. The van der Waals surface area contributed by atoms with Crippen LogP contribution in [0.4, 0.5) is 0 Å². The number of nitrogens with zero attached hydrogens (tertiary/aromatic N) is 2. The van der Waals surface area contributed by atoms with Gasteiger partial charge < -0.3 is 14.6 Å². The summed E-state index contributed by atoms with van der Waals surface area (Å²) in [5, 5.41) is 7.49. The van der Waals surface area contributed by atoms with E-state index in [2.05, 4.69) is 36.2 Å². The van der Waals surface area contributed by atoms with Crippen molar-refractivity contribution in [3.8, 4) is 0 Å². The minimum Gasteiger partial charge on any atom is -0.373 e. The maximum Gasteiger partial charge on any atom is 0.228 e. The van der Waals surface area contributed by atoms with Crippen LogP contribution in [0.2, 0.25) is 0 Å². The van der Waals surface area contributed by atoms with Crippen LogP contribution in [0.1, 0.15) is 64.3 Å². The van der Waals surface area contributed by atoms with E-state index < -0.39 is 0 Å². The quantitative estimate of drug-likeness (QED) is 0.707. The van der Waals surface area contributed by atoms with Gasteiger partial charge in [-0.15, -0.1) is 0 Å². The van der Waals surface area contributed by atoms with Gasteiger partial charge in [-0.25, -0.2) is 0 Å². The second kappa shape index (κ2) is 9.04. The molecule has 1 aromatic heterocycles. The van der Waals surface area contributed by atoms with Gasteiger partial charge in [0.2, 0.25) is 11.7 Å². The van der Waals surface area contributed by atoms with Crippen LogP contribution in [0.25, 0.3) is 0 Å². The molecule has 0 aromatic carbocycles. The normalized spacial score (nSPS) is 14.5. The molecule has 1 N–H and O–H groups in total. The summed E-state index contributed by atoms with van der Waals surface area (Å²) in [6, 6.07) is 0.412. The van der Waals surface area contributed by atoms with Crippen molar-refractivity contribution in [1.29, 1.82) is 0 Å². The topological polar surface area (TPSA) is 60.2 Å². The molecule has 1 heterocycles. The fourth-order valence-electron chi connectivity index (χ4n) is 2.22. The fourth-order valence-corrected chi connectivity index (χ4v) is 2.22. The summed E-state index contributed by atoms with van der Waals surface area (Å²) in [7, 11) is 1.69. The Labute approximate surface area is 116 Å². The average molecular weight is 269 g/mol. The van der Waals surface area contributed by atoms with Crippen LogP contribution in [0.3, 0.4) is 0 Å². The molecule has 0 aliphatic rings. The Balaban J connectivity index is 2.61. The van der Waals surface area contributed by atoms with E-state index in [4.69, 9.17) is 9.26 Å². The summed E-state index contributed by atoms with van der Waals surface area (Å²) < 4.78 is 10.7. The molecule has 2 unspecified atom stereocenters. The van der Waals surface area contributed by atoms with E-state index in [-0.39, 0.29) is 6.10 Å². The predicted molar refractivity (Wildman–Crippen MR) is 75.0 cm³/mol. The first-order chi connectivity index (χ1) is 9.24. The minimum absolute atomic E-state index is 0.0498. The van der Waals surface area contributed by atoms with Crippen LogP contribution >= 0.6 is 0 Å². The molecular weight excluding hydrogens is 242 g/mol. The molecule has 0 saturated carbocycles. The number of likely N-dealkylation sites (N-methyl/N-ethyl adjacent to an activating group) is 1. The number of aromatic nitrogens is 2. The first-order valence-corrected chi connectivity index (χ1v) is 7.33. The summed E-state index contributed by atoms with van der Waals surface area (Å²) in [5.41, 5.74) is 0. The van der Waals surface area contributed by atoms with Crippen LogP contribution < -0.4 is 5.32 Å². The van der Waals surface area contributed by atoms with Crippen molar-refractivity contribution in [2.45, 2.75) is 65.0 Å². The first-order valence-electron chi connectivity index (χ1n) is 7.33. The second-order valence-electron chi connectivity index (χ2n) is 4.81. The van der Waals surface area contributed by atoms with Crippen LogP contribution in [0, 0.1) is 0 Å². The molecule has 0 fully saturated rings. The molecule has 0 spiro atoms. The van der Waals surface area contributed by atoms with Gasteiger partial charge in [0.1, 0.15) is 6.10 Å². The van der Waals surface area contributed by atoms with Crippen molar-refractivity contribution < 1.29 is 9.26 Å². The number of nitrogens with one attached hydrogen (secondary N) is 1. The Bertz CT molecular complexity index is 335. The van der Waals surface area contributed by atoms with Crippen molar-refractivity contribution in [2.75, 3.05) is 13.7 Å². The highest BCUT2D eigenvalue weighted by molar-refractivity contribution is 4.93. The van der Waals surface area contributed by atoms with Crippen molar-refractivity contribution in [2.24, 2.45) is 0 Å². The van der Waals surface area contributed by atoms with Gasteiger partial charge in [-0.1, -0.05) is 38.8 Å². The van der Waals surface area contributed by atoms with Crippen LogP contribution in [-0.4, -0.2) is 29.8 Å². The Morgan fingerprint density at radius 3 is 2.53 bits per heavy atom. The van der Waals surface area contributed by atoms with Gasteiger partial charge in [-0.3, -0.25) is 0 Å². The van der Waals surface area contributed by atoms with E-state index in [1.165, 1.54) is 0 Å². The summed E-state index contributed by atoms with van der Waals surface area (Å²) in [6.45, 7) is 7.38. The molecule has 0 saturated heterocycles. The summed E-state index contributed by atoms with van der Waals surface area (Å²) >= 11 is 0. The number of hydrogen-bond acceptors (Lipinski definition) is 5. The largest absolute Gasteiger partial charge is 0.373 e. The van der Waals surface area contributed by atoms with E-state index in [9.17, 15) is 0 Å². The lowest BCUT2D eigenvalue weighted by molar-refractivity contribution is 0.0854. The average Bonchev–Trinajstić information content (AvgIpc) is 2.85. The standard InChI is InChI=1S/C14H27N3O2/c1-5-8-11(15-7-3)10-13-16-14(17-19-13)12(18-4)9-6-2/h11-12,15H,5-10H2,1-4H3. The number of hydrogen-bond donors (Lipinski definition) is 1. The highest BCUT2D eigenvalue weighted by Crippen LogP contribution is 2.19. The monoisotopic (exact) mass is 269 g/mol. The predicted octanol–water partition coefficient (Wildman–Crippen LogP) is 2.88. The summed E-state index contributed by atoms with van der Waals surface area (Å²) in [4.78, 5) is 4.46. The van der Waals surface area contributed by atoms with Gasteiger partial charge >= 0.3 is 0 Å². The van der Waals surface area contributed by atoms with Gasteiger partial charge in [-0.05, 0) is 19.4 Å². The lowest BCUT2D eigenvalue weighted by Gasteiger charge is -2.14. The third kappa shape index (κ3) is 5.28. The molecule has 1 aromatic rings. The van der Waals surface area contributed by atoms with Crippen LogP contribution in [0.15, 0.2) is 4.52 Å². The zero-order chi connectivity index (χ0) is 14.1. The number of methoxy groups -OCH3 is 1. The summed E-state index contributed by atoms with van der Waals surface area (Å²) in [5.74, 6) is 1.37. The van der Waals surface area contributed by atoms with E-state index in [0.717, 1.165) is 38.6 Å². The molecule has 0 aliphatic carbocycles. The lowest BCUT2D eigenvalue weighted by atomic mass is 10.1. The molecule has 19 heavy (non-hydrogen) atoms. The van der Waals surface area contributed by atoms with Crippen molar-refractivity contribution >= 4 is 0 Å². The Morgan fingerprint density at radius 1 is 1.21 bits per heavy atom. The molecule has 5 nitrogen and oxygen atoms in total.